The minimum Gasteiger partial charge on any atom is -0.366 e. The van der Waals surface area contributed by atoms with E-state index in [4.69, 9.17) is 35.4 Å². The van der Waals surface area contributed by atoms with Crippen LogP contribution in [0.3, 0.4) is 0 Å². The van der Waals surface area contributed by atoms with Gasteiger partial charge in [-0.2, -0.15) is 0 Å². The van der Waals surface area contributed by atoms with Gasteiger partial charge in [0.1, 0.15) is 0 Å². The third kappa shape index (κ3) is 5.99. The maximum absolute atomic E-state index is 12.5. The van der Waals surface area contributed by atoms with Crippen molar-refractivity contribution in [3.8, 4) is 0 Å². The van der Waals surface area contributed by atoms with Gasteiger partial charge in [0.2, 0.25) is 0 Å². The van der Waals surface area contributed by atoms with E-state index in [1.54, 1.807) is 12.1 Å². The molecule has 0 spiro atoms. The molecule has 162 valence electrons. The Hall–Kier alpha value is -1.57. The van der Waals surface area contributed by atoms with Crippen molar-refractivity contribution in [2.45, 2.75) is 13.8 Å². The summed E-state index contributed by atoms with van der Waals surface area (Å²) in [6.07, 6.45) is 0. The molecule has 1 saturated heterocycles. The average molecular weight is 488 g/mol. The Morgan fingerprint density at radius 1 is 1.10 bits per heavy atom. The van der Waals surface area contributed by atoms with E-state index in [2.05, 4.69) is 27.4 Å². The average Bonchev–Trinajstić information content (AvgIpc) is 2.68. The second kappa shape index (κ2) is 11.2. The Labute approximate surface area is 199 Å². The largest absolute Gasteiger partial charge is 0.366 e. The number of thiocarbonyl (C=S) groups is 1. The minimum absolute atomic E-state index is 0. The van der Waals surface area contributed by atoms with Gasteiger partial charge in [-0.3, -0.25) is 10.1 Å². The zero-order chi connectivity index (χ0) is 21.0. The van der Waals surface area contributed by atoms with E-state index in [1.807, 2.05) is 31.2 Å². The molecule has 5 nitrogen and oxygen atoms in total. The molecule has 1 heterocycles. The van der Waals surface area contributed by atoms with Crippen LogP contribution in [0, 0.1) is 6.92 Å². The predicted molar refractivity (Wildman–Crippen MR) is 133 cm³/mol. The topological polar surface area (TPSA) is 47.6 Å². The highest BCUT2D eigenvalue weighted by atomic mass is 35.5. The lowest BCUT2D eigenvalue weighted by Gasteiger charge is -2.37. The maximum Gasteiger partial charge on any atom is 0.258 e. The number of aryl methyl sites for hydroxylation is 1. The van der Waals surface area contributed by atoms with Crippen LogP contribution in [0.5, 0.6) is 0 Å². The van der Waals surface area contributed by atoms with Crippen molar-refractivity contribution in [2.24, 2.45) is 0 Å². The number of nitrogens with one attached hydrogen (secondary N) is 2. The molecule has 30 heavy (non-hydrogen) atoms. The number of nitrogens with zero attached hydrogens (tertiary/aromatic N) is 2. The fourth-order valence-electron chi connectivity index (χ4n) is 3.35. The van der Waals surface area contributed by atoms with E-state index >= 15 is 0 Å². The lowest BCUT2D eigenvalue weighted by atomic mass is 10.1. The number of para-hydroxylation sites is 1. The number of carbonyl (C=O) groups is 1. The summed E-state index contributed by atoms with van der Waals surface area (Å²) in [5.74, 6) is -0.354. The Balaban J connectivity index is 0.00000320. The van der Waals surface area contributed by atoms with E-state index in [9.17, 15) is 4.79 Å². The number of hydrogen-bond donors (Lipinski definition) is 2. The van der Waals surface area contributed by atoms with Crippen LogP contribution in [-0.4, -0.2) is 48.6 Å². The van der Waals surface area contributed by atoms with E-state index in [1.165, 1.54) is 0 Å². The lowest BCUT2D eigenvalue weighted by molar-refractivity contribution is 0.0978. The number of rotatable bonds is 4. The van der Waals surface area contributed by atoms with Crippen LogP contribution in [0.4, 0.5) is 11.4 Å². The van der Waals surface area contributed by atoms with Gasteiger partial charge in [0.25, 0.3) is 5.91 Å². The summed E-state index contributed by atoms with van der Waals surface area (Å²) in [5, 5.41) is 7.06. The van der Waals surface area contributed by atoms with E-state index in [-0.39, 0.29) is 23.4 Å². The van der Waals surface area contributed by atoms with Crippen molar-refractivity contribution in [2.75, 3.05) is 42.9 Å². The number of amides is 1. The van der Waals surface area contributed by atoms with Crippen LogP contribution >= 0.6 is 47.8 Å². The van der Waals surface area contributed by atoms with Crippen molar-refractivity contribution in [3.05, 3.63) is 57.6 Å². The number of anilines is 2. The van der Waals surface area contributed by atoms with Gasteiger partial charge in [0.05, 0.1) is 27.0 Å². The van der Waals surface area contributed by atoms with Gasteiger partial charge < -0.3 is 15.1 Å². The molecule has 0 saturated carbocycles. The maximum atomic E-state index is 12.5. The molecule has 9 heteroatoms. The van der Waals surface area contributed by atoms with Gasteiger partial charge in [0.15, 0.2) is 5.11 Å². The molecule has 0 radical (unpaired) electrons. The van der Waals surface area contributed by atoms with Crippen LogP contribution in [-0.2, 0) is 0 Å². The lowest BCUT2D eigenvalue weighted by Crippen LogP contribution is -2.46. The van der Waals surface area contributed by atoms with E-state index < -0.39 is 0 Å². The van der Waals surface area contributed by atoms with Gasteiger partial charge in [-0.15, -0.1) is 12.4 Å². The molecular weight excluding hydrogens is 463 g/mol. The Morgan fingerprint density at radius 3 is 2.43 bits per heavy atom. The molecule has 0 aromatic heterocycles. The van der Waals surface area contributed by atoms with Gasteiger partial charge in [-0.05, 0) is 55.5 Å². The quantitative estimate of drug-likeness (QED) is 0.595. The fraction of sp³-hybridized carbons (Fsp3) is 0.333. The summed E-state index contributed by atoms with van der Waals surface area (Å²) in [4.78, 5) is 17.2. The first-order chi connectivity index (χ1) is 13.9. The van der Waals surface area contributed by atoms with Crippen molar-refractivity contribution in [1.29, 1.82) is 0 Å². The summed E-state index contributed by atoms with van der Waals surface area (Å²) in [7, 11) is 0. The highest BCUT2D eigenvalue weighted by molar-refractivity contribution is 7.80. The molecule has 2 N–H and O–H groups in total. The number of carbonyl (C=O) groups excluding carboxylic acids is 1. The van der Waals surface area contributed by atoms with Crippen molar-refractivity contribution < 1.29 is 4.79 Å². The first-order valence-electron chi connectivity index (χ1n) is 9.53. The van der Waals surface area contributed by atoms with Gasteiger partial charge in [-0.1, -0.05) is 42.3 Å². The molecular formula is C21H25Cl3N4OS. The zero-order valence-electron chi connectivity index (χ0n) is 16.9. The first kappa shape index (κ1) is 24.7. The van der Waals surface area contributed by atoms with Gasteiger partial charge >= 0.3 is 0 Å². The monoisotopic (exact) mass is 486 g/mol. The summed E-state index contributed by atoms with van der Waals surface area (Å²) in [5.41, 5.74) is 3.03. The van der Waals surface area contributed by atoms with Crippen LogP contribution in [0.15, 0.2) is 36.4 Å². The van der Waals surface area contributed by atoms with Gasteiger partial charge in [-0.25, -0.2) is 0 Å². The number of piperazine rings is 1. The molecule has 1 aliphatic rings. The first-order valence-corrected chi connectivity index (χ1v) is 10.7. The summed E-state index contributed by atoms with van der Waals surface area (Å²) in [6, 6.07) is 10.9. The molecule has 3 rings (SSSR count). The van der Waals surface area contributed by atoms with Crippen LogP contribution in [0.2, 0.25) is 10.0 Å². The van der Waals surface area contributed by atoms with Crippen molar-refractivity contribution in [3.63, 3.8) is 0 Å². The Kier molecular flexibility index (Phi) is 9.19. The highest BCUT2D eigenvalue weighted by Gasteiger charge is 2.21. The molecule has 2 aromatic rings. The molecule has 0 unspecified atom stereocenters. The molecule has 0 bridgehead atoms. The smallest absolute Gasteiger partial charge is 0.258 e. The standard InChI is InChI=1S/C21H24Cl2N4OS.ClH/c1-3-26-9-11-27(12-10-26)19-16(22)5-4-6-18(19)24-21(29)25-20(28)15-8-7-14(2)13-17(15)23;/h4-8,13H,3,9-12H2,1-2H3,(H2,24,25,28,29);1H. The number of benzene rings is 2. The van der Waals surface area contributed by atoms with Crippen molar-refractivity contribution >= 4 is 70.2 Å². The van der Waals surface area contributed by atoms with Crippen molar-refractivity contribution in [1.82, 2.24) is 10.2 Å². The third-order valence-electron chi connectivity index (χ3n) is 4.97. The second-order valence-electron chi connectivity index (χ2n) is 6.95. The molecule has 2 aromatic carbocycles. The van der Waals surface area contributed by atoms with E-state index in [0.717, 1.165) is 49.7 Å². The minimum atomic E-state index is -0.354. The van der Waals surface area contributed by atoms with Crippen LogP contribution < -0.4 is 15.5 Å². The van der Waals surface area contributed by atoms with Crippen LogP contribution in [0.1, 0.15) is 22.8 Å². The summed E-state index contributed by atoms with van der Waals surface area (Å²) < 4.78 is 0. The highest BCUT2D eigenvalue weighted by Crippen LogP contribution is 2.34. The number of hydrogen-bond acceptors (Lipinski definition) is 4. The second-order valence-corrected chi connectivity index (χ2v) is 8.17. The molecule has 1 amide bonds. The van der Waals surface area contributed by atoms with Gasteiger partial charge in [0, 0.05) is 26.2 Å². The summed E-state index contributed by atoms with van der Waals surface area (Å²) in [6.45, 7) is 8.84. The molecule has 1 fully saturated rings. The molecule has 0 aliphatic carbocycles. The van der Waals surface area contributed by atoms with E-state index in [0.29, 0.717) is 15.6 Å². The molecule has 1 aliphatic heterocycles. The number of halogens is 3. The zero-order valence-corrected chi connectivity index (χ0v) is 20.0. The predicted octanol–water partition coefficient (Wildman–Crippen LogP) is 4.99. The SMILES string of the molecule is CCN1CCN(c2c(Cl)cccc2NC(=S)NC(=O)c2ccc(C)cc2Cl)CC1.Cl. The third-order valence-corrected chi connectivity index (χ3v) is 5.79. The van der Waals surface area contributed by atoms with Crippen LogP contribution in [0.25, 0.3) is 0 Å². The summed E-state index contributed by atoms with van der Waals surface area (Å²) >= 11 is 18.1. The normalized spacial score (nSPS) is 14.1. The molecule has 0 atom stereocenters. The Bertz CT molecular complexity index is 917. The fourth-order valence-corrected chi connectivity index (χ4v) is 4.17. The Morgan fingerprint density at radius 2 is 1.80 bits per heavy atom. The number of likely N-dealkylation sites (N-methyl/N-ethyl adjacent to an activating group) is 1.